The first kappa shape index (κ1) is 10.7. The van der Waals surface area contributed by atoms with Crippen LogP contribution >= 0.6 is 11.3 Å². The molecular weight excluding hydrogens is 240 g/mol. The molecule has 3 rings (SSSR count). The third kappa shape index (κ3) is 2.16. The summed E-state index contributed by atoms with van der Waals surface area (Å²) in [5, 5.41) is 3.91. The van der Waals surface area contributed by atoms with Gasteiger partial charge in [-0.15, -0.1) is 0 Å². The zero-order valence-electron chi connectivity index (χ0n) is 9.10. The van der Waals surface area contributed by atoms with Gasteiger partial charge >= 0.3 is 0 Å². The summed E-state index contributed by atoms with van der Waals surface area (Å²) in [7, 11) is 0. The van der Waals surface area contributed by atoms with Crippen molar-refractivity contribution < 1.29 is 4.74 Å². The molecule has 1 aliphatic rings. The van der Waals surface area contributed by atoms with Crippen LogP contribution in [0, 0.1) is 0 Å². The van der Waals surface area contributed by atoms with E-state index in [1.807, 2.05) is 0 Å². The van der Waals surface area contributed by atoms with Gasteiger partial charge in [-0.05, 0) is 12.8 Å². The highest BCUT2D eigenvalue weighted by Crippen LogP contribution is 2.21. The number of anilines is 1. The molecule has 1 atom stereocenters. The fourth-order valence-electron chi connectivity index (χ4n) is 1.85. The highest BCUT2D eigenvalue weighted by molar-refractivity contribution is 7.22. The van der Waals surface area contributed by atoms with Crippen LogP contribution in [0.4, 0.5) is 5.13 Å². The molecule has 7 heteroatoms. The van der Waals surface area contributed by atoms with Crippen molar-refractivity contribution in [3.63, 3.8) is 0 Å². The first-order valence-corrected chi connectivity index (χ1v) is 6.34. The van der Waals surface area contributed by atoms with Crippen LogP contribution in [0.15, 0.2) is 11.1 Å². The molecular formula is C10H12N4O2S. The van der Waals surface area contributed by atoms with Crippen molar-refractivity contribution in [3.8, 4) is 0 Å². The monoisotopic (exact) mass is 252 g/mol. The summed E-state index contributed by atoms with van der Waals surface area (Å²) in [5.74, 6) is 0. The first-order valence-electron chi connectivity index (χ1n) is 5.52. The molecule has 0 saturated carbocycles. The maximum absolute atomic E-state index is 11.5. The number of nitrogens with one attached hydrogen (secondary N) is 2. The van der Waals surface area contributed by atoms with Gasteiger partial charge in [-0.3, -0.25) is 4.79 Å². The van der Waals surface area contributed by atoms with Gasteiger partial charge in [0.15, 0.2) is 10.8 Å². The molecule has 2 aromatic rings. The molecule has 2 aromatic heterocycles. The highest BCUT2D eigenvalue weighted by atomic mass is 32.1. The van der Waals surface area contributed by atoms with Crippen molar-refractivity contribution >= 4 is 26.8 Å². The molecule has 3 heterocycles. The van der Waals surface area contributed by atoms with Crippen LogP contribution in [0.1, 0.15) is 12.8 Å². The minimum Gasteiger partial charge on any atom is -0.376 e. The van der Waals surface area contributed by atoms with Crippen LogP contribution in [0.25, 0.3) is 10.3 Å². The molecule has 1 unspecified atom stereocenters. The van der Waals surface area contributed by atoms with Gasteiger partial charge in [-0.1, -0.05) is 11.3 Å². The maximum atomic E-state index is 11.5. The Morgan fingerprint density at radius 3 is 3.35 bits per heavy atom. The Balaban J connectivity index is 1.76. The lowest BCUT2D eigenvalue weighted by molar-refractivity contribution is 0.120. The summed E-state index contributed by atoms with van der Waals surface area (Å²) in [6.45, 7) is 1.57. The van der Waals surface area contributed by atoms with E-state index in [1.165, 1.54) is 17.7 Å². The summed E-state index contributed by atoms with van der Waals surface area (Å²) in [6.07, 6.45) is 3.83. The van der Waals surface area contributed by atoms with E-state index in [1.54, 1.807) is 0 Å². The summed E-state index contributed by atoms with van der Waals surface area (Å²) in [6, 6.07) is 0. The number of aromatic amines is 1. The van der Waals surface area contributed by atoms with Crippen molar-refractivity contribution in [2.45, 2.75) is 18.9 Å². The van der Waals surface area contributed by atoms with E-state index in [0.717, 1.165) is 31.1 Å². The number of hydrogen-bond acceptors (Lipinski definition) is 6. The molecule has 0 amide bonds. The van der Waals surface area contributed by atoms with E-state index in [9.17, 15) is 4.79 Å². The van der Waals surface area contributed by atoms with Gasteiger partial charge in [0.1, 0.15) is 4.70 Å². The van der Waals surface area contributed by atoms with Gasteiger partial charge in [-0.25, -0.2) is 4.98 Å². The number of hydrogen-bond donors (Lipinski definition) is 2. The van der Waals surface area contributed by atoms with Gasteiger partial charge in [0.2, 0.25) is 0 Å². The van der Waals surface area contributed by atoms with Crippen molar-refractivity contribution in [1.29, 1.82) is 0 Å². The number of rotatable bonds is 3. The second-order valence-electron chi connectivity index (χ2n) is 3.92. The molecule has 1 saturated heterocycles. The standard InChI is InChI=1S/C10H12N4O2S/c15-9-7-8(12-5-13-9)14-10(17-7)11-4-6-2-1-3-16-6/h5-6H,1-4H2,(H2,11,12,13,14,15). The molecule has 0 aromatic carbocycles. The third-order valence-electron chi connectivity index (χ3n) is 2.70. The Morgan fingerprint density at radius 1 is 1.65 bits per heavy atom. The highest BCUT2D eigenvalue weighted by Gasteiger charge is 2.16. The average Bonchev–Trinajstić information content (AvgIpc) is 2.95. The predicted molar refractivity (Wildman–Crippen MR) is 65.5 cm³/mol. The van der Waals surface area contributed by atoms with E-state index in [2.05, 4.69) is 20.3 Å². The van der Waals surface area contributed by atoms with E-state index in [-0.39, 0.29) is 11.7 Å². The number of H-pyrrole nitrogens is 1. The second kappa shape index (κ2) is 4.42. The van der Waals surface area contributed by atoms with Gasteiger partial charge < -0.3 is 15.0 Å². The summed E-state index contributed by atoms with van der Waals surface area (Å²) in [5.41, 5.74) is 0.353. The molecule has 6 nitrogen and oxygen atoms in total. The molecule has 2 N–H and O–H groups in total. The minimum atomic E-state index is -0.141. The normalized spacial score (nSPS) is 19.9. The third-order valence-corrected chi connectivity index (χ3v) is 3.70. The average molecular weight is 252 g/mol. The van der Waals surface area contributed by atoms with E-state index >= 15 is 0 Å². The Kier molecular flexibility index (Phi) is 2.77. The van der Waals surface area contributed by atoms with Crippen LogP contribution in [0.2, 0.25) is 0 Å². The lowest BCUT2D eigenvalue weighted by Crippen LogP contribution is -2.18. The van der Waals surface area contributed by atoms with E-state index in [0.29, 0.717) is 10.3 Å². The van der Waals surface area contributed by atoms with Crippen molar-refractivity contribution in [1.82, 2.24) is 15.0 Å². The minimum absolute atomic E-state index is 0.141. The Morgan fingerprint density at radius 2 is 2.59 bits per heavy atom. The van der Waals surface area contributed by atoms with Gasteiger partial charge in [0, 0.05) is 13.2 Å². The molecule has 0 spiro atoms. The topological polar surface area (TPSA) is 79.9 Å². The van der Waals surface area contributed by atoms with Crippen LogP contribution in [-0.4, -0.2) is 34.2 Å². The zero-order chi connectivity index (χ0) is 11.7. The summed E-state index contributed by atoms with van der Waals surface area (Å²) >= 11 is 1.32. The fourth-order valence-corrected chi connectivity index (χ4v) is 2.67. The Bertz CT molecular complexity index is 573. The molecule has 90 valence electrons. The van der Waals surface area contributed by atoms with Crippen molar-refractivity contribution in [2.75, 3.05) is 18.5 Å². The maximum Gasteiger partial charge on any atom is 0.270 e. The number of thiazole rings is 1. The van der Waals surface area contributed by atoms with Crippen LogP contribution in [0.5, 0.6) is 0 Å². The molecule has 1 aliphatic heterocycles. The molecule has 0 aliphatic carbocycles. The summed E-state index contributed by atoms with van der Waals surface area (Å²) < 4.78 is 6.06. The number of fused-ring (bicyclic) bond motifs is 1. The Hall–Kier alpha value is -1.47. The molecule has 17 heavy (non-hydrogen) atoms. The molecule has 0 bridgehead atoms. The van der Waals surface area contributed by atoms with Crippen LogP contribution < -0.4 is 10.9 Å². The van der Waals surface area contributed by atoms with Gasteiger partial charge in [0.05, 0.1) is 12.4 Å². The molecule has 1 fully saturated rings. The lowest BCUT2D eigenvalue weighted by atomic mass is 10.2. The van der Waals surface area contributed by atoms with Crippen molar-refractivity contribution in [3.05, 3.63) is 16.7 Å². The number of ether oxygens (including phenoxy) is 1. The fraction of sp³-hybridized carbons (Fsp3) is 0.500. The van der Waals surface area contributed by atoms with E-state index in [4.69, 9.17) is 4.74 Å². The van der Waals surface area contributed by atoms with Crippen molar-refractivity contribution in [2.24, 2.45) is 0 Å². The molecule has 0 radical (unpaired) electrons. The van der Waals surface area contributed by atoms with Crippen LogP contribution in [0.3, 0.4) is 0 Å². The van der Waals surface area contributed by atoms with E-state index < -0.39 is 0 Å². The smallest absolute Gasteiger partial charge is 0.270 e. The summed E-state index contributed by atoms with van der Waals surface area (Å²) in [4.78, 5) is 22.3. The zero-order valence-corrected chi connectivity index (χ0v) is 9.92. The van der Waals surface area contributed by atoms with Gasteiger partial charge in [0.25, 0.3) is 5.56 Å². The number of aromatic nitrogens is 3. The quantitative estimate of drug-likeness (QED) is 0.851. The second-order valence-corrected chi connectivity index (χ2v) is 4.92. The van der Waals surface area contributed by atoms with Crippen LogP contribution in [-0.2, 0) is 4.74 Å². The SMILES string of the molecule is O=c1[nH]cnc2nc(NCC3CCCO3)sc12. The van der Waals surface area contributed by atoms with Gasteiger partial charge in [-0.2, -0.15) is 4.98 Å². The number of nitrogens with zero attached hydrogens (tertiary/aromatic N) is 2. The first-order chi connectivity index (χ1) is 8.33. The lowest BCUT2D eigenvalue weighted by Gasteiger charge is -2.08. The largest absolute Gasteiger partial charge is 0.376 e. The Labute approximate surface area is 101 Å². The predicted octanol–water partition coefficient (Wildman–Crippen LogP) is 0.971.